The summed E-state index contributed by atoms with van der Waals surface area (Å²) >= 11 is 0. The highest BCUT2D eigenvalue weighted by atomic mass is 15.2. The van der Waals surface area contributed by atoms with Crippen LogP contribution in [0, 0.1) is 5.92 Å². The van der Waals surface area contributed by atoms with E-state index in [0.717, 1.165) is 25.0 Å². The summed E-state index contributed by atoms with van der Waals surface area (Å²) in [6.07, 6.45) is 8.71. The molecule has 1 saturated heterocycles. The van der Waals surface area contributed by atoms with Crippen molar-refractivity contribution in [3.8, 4) is 0 Å². The number of hydrogen-bond acceptors (Lipinski definition) is 2. The number of nitrogens with zero attached hydrogens (tertiary/aromatic N) is 1. The number of nitrogens with one attached hydrogen (secondary N) is 1. The van der Waals surface area contributed by atoms with E-state index in [0.29, 0.717) is 0 Å². The quantitative estimate of drug-likeness (QED) is 0.881. The molecule has 1 N–H and O–H groups in total. The van der Waals surface area contributed by atoms with Gasteiger partial charge < -0.3 is 5.32 Å². The largest absolute Gasteiger partial charge is 0.316 e. The second-order valence-electron chi connectivity index (χ2n) is 6.57. The SMILES string of the molecule is CNCc1cccc(CN2CCCC2C2CCCC2)c1. The first-order chi connectivity index (χ1) is 9.86. The molecule has 2 aliphatic rings. The van der Waals surface area contributed by atoms with E-state index in [1.54, 1.807) is 0 Å². The first-order valence-electron chi connectivity index (χ1n) is 8.33. The zero-order valence-corrected chi connectivity index (χ0v) is 12.8. The first kappa shape index (κ1) is 14.1. The standard InChI is InChI=1S/C18H28N2/c1-19-13-15-6-4-7-16(12-15)14-20-11-5-10-18(20)17-8-2-3-9-17/h4,6-7,12,17-19H,2-3,5,8-11,13-14H2,1H3. The summed E-state index contributed by atoms with van der Waals surface area (Å²) in [6, 6.07) is 9.97. The molecule has 1 heterocycles. The summed E-state index contributed by atoms with van der Waals surface area (Å²) in [5.41, 5.74) is 2.89. The highest BCUT2D eigenvalue weighted by Crippen LogP contribution is 2.36. The maximum Gasteiger partial charge on any atom is 0.0236 e. The van der Waals surface area contributed by atoms with E-state index in [9.17, 15) is 0 Å². The number of likely N-dealkylation sites (tertiary alicyclic amines) is 1. The van der Waals surface area contributed by atoms with Gasteiger partial charge in [-0.2, -0.15) is 0 Å². The summed E-state index contributed by atoms with van der Waals surface area (Å²) in [5.74, 6) is 0.984. The van der Waals surface area contributed by atoms with Crippen molar-refractivity contribution in [1.29, 1.82) is 0 Å². The molecule has 1 aliphatic heterocycles. The van der Waals surface area contributed by atoms with Gasteiger partial charge in [0.25, 0.3) is 0 Å². The summed E-state index contributed by atoms with van der Waals surface area (Å²) in [6.45, 7) is 3.43. The fraction of sp³-hybridized carbons (Fsp3) is 0.667. The van der Waals surface area contributed by atoms with Gasteiger partial charge in [-0.1, -0.05) is 37.1 Å². The summed E-state index contributed by atoms with van der Waals surface area (Å²) in [7, 11) is 2.02. The van der Waals surface area contributed by atoms with E-state index in [-0.39, 0.29) is 0 Å². The van der Waals surface area contributed by atoms with Crippen molar-refractivity contribution >= 4 is 0 Å². The normalized spacial score (nSPS) is 24.6. The lowest BCUT2D eigenvalue weighted by molar-refractivity contribution is 0.183. The van der Waals surface area contributed by atoms with E-state index in [1.807, 2.05) is 7.05 Å². The van der Waals surface area contributed by atoms with Crippen LogP contribution in [0.2, 0.25) is 0 Å². The molecule has 1 aliphatic carbocycles. The first-order valence-corrected chi connectivity index (χ1v) is 8.33. The molecule has 1 aromatic carbocycles. The maximum atomic E-state index is 3.24. The van der Waals surface area contributed by atoms with Crippen LogP contribution < -0.4 is 5.32 Å². The van der Waals surface area contributed by atoms with Gasteiger partial charge in [-0.3, -0.25) is 4.90 Å². The Hall–Kier alpha value is -0.860. The van der Waals surface area contributed by atoms with Crippen LogP contribution in [-0.2, 0) is 13.1 Å². The monoisotopic (exact) mass is 272 g/mol. The Morgan fingerprint density at radius 3 is 2.70 bits per heavy atom. The van der Waals surface area contributed by atoms with Gasteiger partial charge in [0, 0.05) is 19.1 Å². The molecule has 0 bridgehead atoms. The summed E-state index contributed by atoms with van der Waals surface area (Å²) in [5, 5.41) is 3.24. The van der Waals surface area contributed by atoms with Crippen LogP contribution in [0.5, 0.6) is 0 Å². The van der Waals surface area contributed by atoms with E-state index in [4.69, 9.17) is 0 Å². The highest BCUT2D eigenvalue weighted by molar-refractivity contribution is 5.23. The Morgan fingerprint density at radius 2 is 1.90 bits per heavy atom. The minimum absolute atomic E-state index is 0.866. The van der Waals surface area contributed by atoms with Crippen LogP contribution in [-0.4, -0.2) is 24.5 Å². The third-order valence-corrected chi connectivity index (χ3v) is 5.12. The van der Waals surface area contributed by atoms with Crippen LogP contribution in [0.3, 0.4) is 0 Å². The van der Waals surface area contributed by atoms with E-state index in [1.165, 1.54) is 56.2 Å². The molecule has 3 rings (SSSR count). The van der Waals surface area contributed by atoms with Crippen molar-refractivity contribution in [2.45, 2.75) is 57.7 Å². The Morgan fingerprint density at radius 1 is 1.10 bits per heavy atom. The Bertz CT molecular complexity index is 423. The van der Waals surface area contributed by atoms with Crippen LogP contribution in [0.15, 0.2) is 24.3 Å². The van der Waals surface area contributed by atoms with Crippen LogP contribution in [0.4, 0.5) is 0 Å². The second-order valence-corrected chi connectivity index (χ2v) is 6.57. The van der Waals surface area contributed by atoms with E-state index in [2.05, 4.69) is 34.5 Å². The fourth-order valence-corrected chi connectivity index (χ4v) is 4.20. The Balaban J connectivity index is 1.65. The van der Waals surface area contributed by atoms with Gasteiger partial charge in [0.15, 0.2) is 0 Å². The molecule has 1 aromatic rings. The van der Waals surface area contributed by atoms with Gasteiger partial charge in [0.05, 0.1) is 0 Å². The minimum atomic E-state index is 0.866. The van der Waals surface area contributed by atoms with Gasteiger partial charge in [-0.15, -0.1) is 0 Å². The molecule has 0 aromatic heterocycles. The highest BCUT2D eigenvalue weighted by Gasteiger charge is 2.32. The van der Waals surface area contributed by atoms with Gasteiger partial charge in [0.1, 0.15) is 0 Å². The molecule has 1 atom stereocenters. The zero-order chi connectivity index (χ0) is 13.8. The molecule has 110 valence electrons. The number of rotatable bonds is 5. The Kier molecular flexibility index (Phi) is 4.74. The molecule has 1 unspecified atom stereocenters. The molecular weight excluding hydrogens is 244 g/mol. The predicted octanol–water partition coefficient (Wildman–Crippen LogP) is 3.56. The van der Waals surface area contributed by atoms with Crippen LogP contribution in [0.25, 0.3) is 0 Å². The van der Waals surface area contributed by atoms with Crippen LogP contribution >= 0.6 is 0 Å². The molecule has 0 spiro atoms. The molecule has 2 nitrogen and oxygen atoms in total. The third-order valence-electron chi connectivity index (χ3n) is 5.12. The van der Waals surface area contributed by atoms with Crippen molar-refractivity contribution in [2.75, 3.05) is 13.6 Å². The molecule has 2 heteroatoms. The molecule has 2 fully saturated rings. The van der Waals surface area contributed by atoms with Gasteiger partial charge in [0.2, 0.25) is 0 Å². The smallest absolute Gasteiger partial charge is 0.0236 e. The minimum Gasteiger partial charge on any atom is -0.316 e. The third kappa shape index (κ3) is 3.24. The van der Waals surface area contributed by atoms with Crippen molar-refractivity contribution in [3.63, 3.8) is 0 Å². The summed E-state index contributed by atoms with van der Waals surface area (Å²) in [4.78, 5) is 2.76. The molecule has 0 radical (unpaired) electrons. The average Bonchev–Trinajstić information content (AvgIpc) is 3.10. The van der Waals surface area contributed by atoms with Crippen molar-refractivity contribution in [1.82, 2.24) is 10.2 Å². The van der Waals surface area contributed by atoms with Gasteiger partial charge in [-0.05, 0) is 56.3 Å². The van der Waals surface area contributed by atoms with E-state index >= 15 is 0 Å². The van der Waals surface area contributed by atoms with Gasteiger partial charge in [-0.25, -0.2) is 0 Å². The number of benzene rings is 1. The molecule has 20 heavy (non-hydrogen) atoms. The molecule has 0 amide bonds. The summed E-state index contributed by atoms with van der Waals surface area (Å²) < 4.78 is 0. The number of hydrogen-bond donors (Lipinski definition) is 1. The maximum absolute atomic E-state index is 3.24. The average molecular weight is 272 g/mol. The lowest BCUT2D eigenvalue weighted by atomic mass is 9.95. The van der Waals surface area contributed by atoms with Crippen molar-refractivity contribution in [2.24, 2.45) is 5.92 Å². The van der Waals surface area contributed by atoms with Crippen molar-refractivity contribution in [3.05, 3.63) is 35.4 Å². The zero-order valence-electron chi connectivity index (χ0n) is 12.8. The van der Waals surface area contributed by atoms with Gasteiger partial charge >= 0.3 is 0 Å². The molecule has 1 saturated carbocycles. The Labute approximate surface area is 123 Å². The van der Waals surface area contributed by atoms with Crippen LogP contribution in [0.1, 0.15) is 49.7 Å². The molecular formula is C18H28N2. The lowest BCUT2D eigenvalue weighted by Gasteiger charge is -2.29. The fourth-order valence-electron chi connectivity index (χ4n) is 4.20. The lowest BCUT2D eigenvalue weighted by Crippen LogP contribution is -2.34. The van der Waals surface area contributed by atoms with Crippen molar-refractivity contribution < 1.29 is 0 Å². The van der Waals surface area contributed by atoms with E-state index < -0.39 is 0 Å². The predicted molar refractivity (Wildman–Crippen MR) is 84.6 cm³/mol. The second kappa shape index (κ2) is 6.73. The topological polar surface area (TPSA) is 15.3 Å².